The summed E-state index contributed by atoms with van der Waals surface area (Å²) in [4.78, 5) is 36.8. The van der Waals surface area contributed by atoms with Gasteiger partial charge in [-0.3, -0.25) is 9.59 Å². The van der Waals surface area contributed by atoms with Crippen LogP contribution in [0.25, 0.3) is 0 Å². The average Bonchev–Trinajstić information content (AvgIpc) is 3.06. The Bertz CT molecular complexity index is 841. The van der Waals surface area contributed by atoms with Gasteiger partial charge >= 0.3 is 11.9 Å². The Morgan fingerprint density at radius 3 is 1.50 bits per heavy atom. The fourth-order valence-electron chi connectivity index (χ4n) is 5.53. The summed E-state index contributed by atoms with van der Waals surface area (Å²) in [6.45, 7) is 4.70. The van der Waals surface area contributed by atoms with Crippen molar-refractivity contribution >= 4 is 17.9 Å². The summed E-state index contributed by atoms with van der Waals surface area (Å²) < 4.78 is 22.5. The van der Waals surface area contributed by atoms with E-state index < -0.39 is 24.3 Å². The van der Waals surface area contributed by atoms with Crippen LogP contribution in [0.2, 0.25) is 0 Å². The highest BCUT2D eigenvalue weighted by Crippen LogP contribution is 2.14. The molecule has 294 valence electrons. The molecule has 0 saturated carbocycles. The number of hydrogen-bond acceptors (Lipinski definition) is 8. The van der Waals surface area contributed by atoms with E-state index in [9.17, 15) is 19.5 Å². The monoisotopic (exact) mass is 712 g/mol. The number of carbonyl (C=O) groups is 3. The summed E-state index contributed by atoms with van der Waals surface area (Å²) >= 11 is 0. The molecule has 0 rings (SSSR count). The lowest BCUT2D eigenvalue weighted by molar-refractivity contribution is -0.870. The first-order chi connectivity index (χ1) is 24.1. The molecule has 2 atom stereocenters. The summed E-state index contributed by atoms with van der Waals surface area (Å²) in [7, 11) is 5.90. The highest BCUT2D eigenvalue weighted by atomic mass is 16.7. The first-order valence-electron chi connectivity index (χ1n) is 20.3. The molecule has 0 aliphatic rings. The zero-order valence-corrected chi connectivity index (χ0v) is 33.0. The van der Waals surface area contributed by atoms with E-state index >= 15 is 0 Å². The molecule has 0 aromatic rings. The van der Waals surface area contributed by atoms with Gasteiger partial charge in [0, 0.05) is 12.8 Å². The van der Waals surface area contributed by atoms with E-state index in [2.05, 4.69) is 26.0 Å². The maximum atomic E-state index is 12.7. The Morgan fingerprint density at radius 1 is 0.580 bits per heavy atom. The first kappa shape index (κ1) is 48.0. The molecule has 2 unspecified atom stereocenters. The number of carbonyl (C=O) groups excluding carboxylic acids is 3. The van der Waals surface area contributed by atoms with Gasteiger partial charge in [-0.15, -0.1) is 0 Å². The molecule has 0 aromatic carbocycles. The van der Waals surface area contributed by atoms with Gasteiger partial charge in [0.25, 0.3) is 0 Å². The van der Waals surface area contributed by atoms with Crippen LogP contribution in [0, 0.1) is 0 Å². The number of carboxylic acid groups (broad SMARTS) is 1. The van der Waals surface area contributed by atoms with Gasteiger partial charge in [0.2, 0.25) is 0 Å². The van der Waals surface area contributed by atoms with E-state index in [1.165, 1.54) is 89.9 Å². The van der Waals surface area contributed by atoms with Crippen LogP contribution in [0.1, 0.15) is 174 Å². The van der Waals surface area contributed by atoms with Gasteiger partial charge in [-0.05, 0) is 38.5 Å². The number of esters is 2. The Hall–Kier alpha value is -1.97. The van der Waals surface area contributed by atoms with Crippen LogP contribution in [0.15, 0.2) is 12.2 Å². The summed E-state index contributed by atoms with van der Waals surface area (Å²) in [5, 5.41) is 11.6. The number of aliphatic carboxylic acids is 1. The van der Waals surface area contributed by atoms with E-state index in [0.29, 0.717) is 23.9 Å². The van der Waals surface area contributed by atoms with Crippen molar-refractivity contribution in [1.29, 1.82) is 0 Å². The van der Waals surface area contributed by atoms with Gasteiger partial charge in [0.05, 0.1) is 40.3 Å². The third kappa shape index (κ3) is 34.5. The molecule has 0 spiro atoms. The van der Waals surface area contributed by atoms with Crippen LogP contribution in [-0.4, -0.2) is 82.3 Å². The van der Waals surface area contributed by atoms with Crippen molar-refractivity contribution < 1.29 is 42.9 Å². The predicted molar refractivity (Wildman–Crippen MR) is 200 cm³/mol. The van der Waals surface area contributed by atoms with E-state index in [-0.39, 0.29) is 32.2 Å². The number of allylic oxidation sites excluding steroid dienone is 2. The molecule has 0 heterocycles. The van der Waals surface area contributed by atoms with Gasteiger partial charge in [0.15, 0.2) is 12.4 Å². The molecule has 0 saturated heterocycles. The third-order valence-corrected chi connectivity index (χ3v) is 8.76. The summed E-state index contributed by atoms with van der Waals surface area (Å²) in [5.41, 5.74) is 0. The highest BCUT2D eigenvalue weighted by molar-refractivity contribution is 5.70. The van der Waals surface area contributed by atoms with Gasteiger partial charge in [-0.2, -0.15) is 0 Å². The molecular weight excluding hydrogens is 634 g/mol. The number of likely N-dealkylation sites (N-methyl/N-ethyl adjacent to an activating group) is 1. The van der Waals surface area contributed by atoms with Crippen molar-refractivity contribution in [2.45, 2.75) is 187 Å². The Morgan fingerprint density at radius 2 is 1.02 bits per heavy atom. The number of nitrogens with zero attached hydrogens (tertiary/aromatic N) is 1. The Balaban J connectivity index is 4.51. The SMILES string of the molecule is CCCCCC/C=C\CCCCCCCC(=O)OC(COC(=O)CCCCCCCCCCCCCC)COC(OCC[N+](C)(C)C)C(=O)[O-]. The molecule has 0 fully saturated rings. The molecule has 9 nitrogen and oxygen atoms in total. The topological polar surface area (TPSA) is 111 Å². The lowest BCUT2D eigenvalue weighted by Gasteiger charge is -2.26. The van der Waals surface area contributed by atoms with Gasteiger partial charge in [-0.25, -0.2) is 0 Å². The number of rotatable bonds is 37. The molecule has 0 bridgehead atoms. The molecule has 0 aromatic heterocycles. The van der Waals surface area contributed by atoms with Crippen LogP contribution in [0.3, 0.4) is 0 Å². The second kappa shape index (κ2) is 34.1. The standard InChI is InChI=1S/C41H77NO8/c1-6-8-10-12-14-16-18-20-22-24-26-28-30-32-39(44)50-37(36-49-41(40(45)46)47-34-33-42(3,4)5)35-48-38(43)31-29-27-25-23-21-19-17-15-13-11-9-7-2/h16,18,37,41H,6-15,17,19-36H2,1-5H3/b18-16-. The number of unbranched alkanes of at least 4 members (excludes halogenated alkanes) is 20. The van der Waals surface area contributed by atoms with E-state index in [1.807, 2.05) is 21.1 Å². The maximum absolute atomic E-state index is 12.7. The van der Waals surface area contributed by atoms with Crippen molar-refractivity contribution in [2.75, 3.05) is 47.5 Å². The normalized spacial score (nSPS) is 13.1. The number of hydrogen-bond donors (Lipinski definition) is 0. The van der Waals surface area contributed by atoms with E-state index in [1.54, 1.807) is 0 Å². The Labute approximate surface area is 306 Å². The quantitative estimate of drug-likeness (QED) is 0.0207. The largest absolute Gasteiger partial charge is 0.545 e. The van der Waals surface area contributed by atoms with Crippen LogP contribution in [0.4, 0.5) is 0 Å². The molecule has 50 heavy (non-hydrogen) atoms. The number of carboxylic acids is 1. The third-order valence-electron chi connectivity index (χ3n) is 8.76. The fraction of sp³-hybridized carbons (Fsp3) is 0.878. The predicted octanol–water partition coefficient (Wildman–Crippen LogP) is 8.61. The molecule has 0 radical (unpaired) electrons. The molecular formula is C41H77NO8. The smallest absolute Gasteiger partial charge is 0.306 e. The minimum atomic E-state index is -1.62. The molecule has 0 amide bonds. The second-order valence-electron chi connectivity index (χ2n) is 14.9. The lowest BCUT2D eigenvalue weighted by atomic mass is 10.0. The highest BCUT2D eigenvalue weighted by Gasteiger charge is 2.21. The number of quaternary nitrogens is 1. The summed E-state index contributed by atoms with van der Waals surface area (Å²) in [6, 6.07) is 0. The van der Waals surface area contributed by atoms with Gasteiger partial charge in [-0.1, -0.05) is 135 Å². The molecule has 0 N–H and O–H groups in total. The zero-order chi connectivity index (χ0) is 37.1. The maximum Gasteiger partial charge on any atom is 0.306 e. The minimum absolute atomic E-state index is 0.149. The van der Waals surface area contributed by atoms with E-state index in [4.69, 9.17) is 18.9 Å². The number of ether oxygens (including phenoxy) is 4. The minimum Gasteiger partial charge on any atom is -0.545 e. The van der Waals surface area contributed by atoms with E-state index in [0.717, 1.165) is 51.4 Å². The van der Waals surface area contributed by atoms with Crippen LogP contribution in [-0.2, 0) is 33.3 Å². The van der Waals surface area contributed by atoms with Crippen LogP contribution < -0.4 is 5.11 Å². The lowest BCUT2D eigenvalue weighted by Crippen LogP contribution is -2.44. The van der Waals surface area contributed by atoms with Gasteiger partial charge in [0.1, 0.15) is 13.2 Å². The summed E-state index contributed by atoms with van der Waals surface area (Å²) in [6.07, 6.45) is 29.5. The molecule has 9 heteroatoms. The van der Waals surface area contributed by atoms with Crippen molar-refractivity contribution in [3.05, 3.63) is 12.2 Å². The average molecular weight is 712 g/mol. The first-order valence-corrected chi connectivity index (χ1v) is 20.3. The summed E-state index contributed by atoms with van der Waals surface area (Å²) in [5.74, 6) is -2.29. The zero-order valence-electron chi connectivity index (χ0n) is 33.0. The van der Waals surface area contributed by atoms with Crippen molar-refractivity contribution in [2.24, 2.45) is 0 Å². The van der Waals surface area contributed by atoms with Crippen LogP contribution in [0.5, 0.6) is 0 Å². The fourth-order valence-corrected chi connectivity index (χ4v) is 5.53. The second-order valence-corrected chi connectivity index (χ2v) is 14.9. The molecule has 0 aliphatic carbocycles. The van der Waals surface area contributed by atoms with Crippen LogP contribution >= 0.6 is 0 Å². The van der Waals surface area contributed by atoms with Gasteiger partial charge < -0.3 is 33.3 Å². The molecule has 0 aliphatic heterocycles. The van der Waals surface area contributed by atoms with Crippen molar-refractivity contribution in [3.8, 4) is 0 Å². The van der Waals surface area contributed by atoms with Crippen molar-refractivity contribution in [1.82, 2.24) is 0 Å². The Kier molecular flexibility index (Phi) is 32.8. The van der Waals surface area contributed by atoms with Crippen molar-refractivity contribution in [3.63, 3.8) is 0 Å².